The van der Waals surface area contributed by atoms with E-state index in [4.69, 9.17) is 16.3 Å². The van der Waals surface area contributed by atoms with Crippen LogP contribution in [0.15, 0.2) is 76.0 Å². The third-order valence-corrected chi connectivity index (χ3v) is 7.44. The van der Waals surface area contributed by atoms with Gasteiger partial charge in [-0.05, 0) is 55.0 Å². The molecule has 0 saturated carbocycles. The van der Waals surface area contributed by atoms with Gasteiger partial charge in [-0.1, -0.05) is 41.0 Å². The summed E-state index contributed by atoms with van der Waals surface area (Å²) in [7, 11) is 0. The standard InChI is InChI=1S/C27H18ClF4N3O3S/c1-14-23(39-25(33-14)16-4-6-17(7-5-16)27(30,31)32)22(12-15-2-8-18(29)9-3-15)37-19-10-11-20(21(28)13-19)24-34-26(36)38-35-24/h2-11,13,22H,12H2,1H3,(H,34,35,36). The van der Waals surface area contributed by atoms with E-state index in [9.17, 15) is 22.4 Å². The maximum Gasteiger partial charge on any atom is 0.439 e. The molecule has 0 aliphatic rings. The summed E-state index contributed by atoms with van der Waals surface area (Å²) >= 11 is 7.72. The molecule has 39 heavy (non-hydrogen) atoms. The van der Waals surface area contributed by atoms with Crippen LogP contribution >= 0.6 is 22.9 Å². The Morgan fingerprint density at radius 3 is 2.41 bits per heavy atom. The lowest BCUT2D eigenvalue weighted by molar-refractivity contribution is -0.137. The molecule has 6 nitrogen and oxygen atoms in total. The van der Waals surface area contributed by atoms with Crippen molar-refractivity contribution in [3.05, 3.63) is 110 Å². The molecule has 2 heterocycles. The summed E-state index contributed by atoms with van der Waals surface area (Å²) in [6.45, 7) is 1.79. The molecular weight excluding hydrogens is 558 g/mol. The molecule has 0 aliphatic carbocycles. The highest BCUT2D eigenvalue weighted by Gasteiger charge is 2.30. The molecule has 5 rings (SSSR count). The number of aryl methyl sites for hydroxylation is 1. The Bertz CT molecular complexity index is 1660. The van der Waals surface area contributed by atoms with Gasteiger partial charge in [0.1, 0.15) is 22.7 Å². The molecule has 1 unspecified atom stereocenters. The average molecular weight is 576 g/mol. The van der Waals surface area contributed by atoms with Gasteiger partial charge in [0.15, 0.2) is 5.82 Å². The number of halogens is 5. The second-order valence-electron chi connectivity index (χ2n) is 8.57. The smallest absolute Gasteiger partial charge is 0.439 e. The molecule has 0 aliphatic heterocycles. The average Bonchev–Trinajstić information content (AvgIpc) is 3.50. The molecule has 3 aromatic carbocycles. The first kappa shape index (κ1) is 26.6. The molecule has 0 spiro atoms. The Morgan fingerprint density at radius 2 is 1.79 bits per heavy atom. The highest BCUT2D eigenvalue weighted by Crippen LogP contribution is 2.38. The van der Waals surface area contributed by atoms with Crippen LogP contribution in [0.1, 0.15) is 27.8 Å². The minimum absolute atomic E-state index is 0.166. The van der Waals surface area contributed by atoms with Crippen molar-refractivity contribution in [1.82, 2.24) is 15.1 Å². The van der Waals surface area contributed by atoms with Crippen molar-refractivity contribution >= 4 is 22.9 Å². The summed E-state index contributed by atoms with van der Waals surface area (Å²) in [5, 5.41) is 4.43. The number of thiazole rings is 1. The van der Waals surface area contributed by atoms with Crippen molar-refractivity contribution in [2.75, 3.05) is 0 Å². The quantitative estimate of drug-likeness (QED) is 0.202. The van der Waals surface area contributed by atoms with Gasteiger partial charge in [-0.3, -0.25) is 9.51 Å². The third kappa shape index (κ3) is 6.04. The molecule has 12 heteroatoms. The summed E-state index contributed by atoms with van der Waals surface area (Å²) in [4.78, 5) is 19.1. The van der Waals surface area contributed by atoms with Gasteiger partial charge in [0.2, 0.25) is 0 Å². The lowest BCUT2D eigenvalue weighted by Gasteiger charge is -2.19. The predicted molar refractivity (Wildman–Crippen MR) is 138 cm³/mol. The van der Waals surface area contributed by atoms with E-state index in [1.165, 1.54) is 35.6 Å². The van der Waals surface area contributed by atoms with E-state index in [2.05, 4.69) is 19.6 Å². The van der Waals surface area contributed by atoms with E-state index >= 15 is 0 Å². The van der Waals surface area contributed by atoms with Crippen LogP contribution in [0.4, 0.5) is 17.6 Å². The van der Waals surface area contributed by atoms with Crippen LogP contribution in [0, 0.1) is 12.7 Å². The molecule has 1 N–H and O–H groups in total. The molecule has 5 aromatic rings. The molecule has 0 radical (unpaired) electrons. The van der Waals surface area contributed by atoms with Gasteiger partial charge < -0.3 is 4.74 Å². The second kappa shape index (κ2) is 10.7. The fraction of sp³-hybridized carbons (Fsp3) is 0.148. The third-order valence-electron chi connectivity index (χ3n) is 5.83. The van der Waals surface area contributed by atoms with Crippen LogP contribution in [-0.4, -0.2) is 15.1 Å². The van der Waals surface area contributed by atoms with Gasteiger partial charge in [0.05, 0.1) is 21.2 Å². The normalized spacial score (nSPS) is 12.5. The van der Waals surface area contributed by atoms with E-state index in [1.807, 2.05) is 0 Å². The van der Waals surface area contributed by atoms with Crippen molar-refractivity contribution in [3.63, 3.8) is 0 Å². The zero-order chi connectivity index (χ0) is 27.7. The maximum atomic E-state index is 13.5. The largest absolute Gasteiger partial charge is 0.484 e. The number of benzene rings is 3. The predicted octanol–water partition coefficient (Wildman–Crippen LogP) is 7.64. The SMILES string of the molecule is Cc1nc(-c2ccc(C(F)(F)F)cc2)sc1C(Cc1ccc(F)cc1)Oc1ccc(-c2noc(=O)[nH]2)c(Cl)c1. The minimum Gasteiger partial charge on any atom is -0.484 e. The topological polar surface area (TPSA) is 81.0 Å². The van der Waals surface area contributed by atoms with Crippen LogP contribution in [0.5, 0.6) is 5.75 Å². The summed E-state index contributed by atoms with van der Waals surface area (Å²) in [6.07, 6.45) is -4.66. The van der Waals surface area contributed by atoms with Gasteiger partial charge in [0, 0.05) is 17.5 Å². The first-order valence-corrected chi connectivity index (χ1v) is 12.7. The molecule has 200 valence electrons. The van der Waals surface area contributed by atoms with Crippen LogP contribution in [0.25, 0.3) is 22.0 Å². The summed E-state index contributed by atoms with van der Waals surface area (Å²) in [5.41, 5.74) is 1.67. The lowest BCUT2D eigenvalue weighted by atomic mass is 10.1. The maximum absolute atomic E-state index is 13.5. The summed E-state index contributed by atoms with van der Waals surface area (Å²) in [6, 6.07) is 15.6. The number of hydrogen-bond acceptors (Lipinski definition) is 6. The molecule has 1 atom stereocenters. The zero-order valence-corrected chi connectivity index (χ0v) is 21.6. The Morgan fingerprint density at radius 1 is 1.08 bits per heavy atom. The van der Waals surface area contributed by atoms with Gasteiger partial charge in [-0.15, -0.1) is 11.3 Å². The number of hydrogen-bond donors (Lipinski definition) is 1. The number of alkyl halides is 3. The second-order valence-corrected chi connectivity index (χ2v) is 10.0. The fourth-order valence-electron chi connectivity index (χ4n) is 3.93. The highest BCUT2D eigenvalue weighted by atomic mass is 35.5. The number of H-pyrrole nitrogens is 1. The number of ether oxygens (including phenoxy) is 1. The molecule has 0 saturated heterocycles. The first-order valence-electron chi connectivity index (χ1n) is 11.5. The van der Waals surface area contributed by atoms with Gasteiger partial charge >= 0.3 is 11.9 Å². The van der Waals surface area contributed by atoms with Crippen molar-refractivity contribution < 1.29 is 26.8 Å². The van der Waals surface area contributed by atoms with E-state index in [1.54, 1.807) is 37.3 Å². The highest BCUT2D eigenvalue weighted by molar-refractivity contribution is 7.15. The van der Waals surface area contributed by atoms with E-state index in [0.717, 1.165) is 22.6 Å². The molecule has 2 aromatic heterocycles. The first-order chi connectivity index (χ1) is 18.6. The number of nitrogens with zero attached hydrogens (tertiary/aromatic N) is 2. The molecule has 0 bridgehead atoms. The summed E-state index contributed by atoms with van der Waals surface area (Å²) < 4.78 is 63.4. The summed E-state index contributed by atoms with van der Waals surface area (Å²) in [5.74, 6) is -0.516. The van der Waals surface area contributed by atoms with Crippen LogP contribution in [-0.2, 0) is 12.6 Å². The van der Waals surface area contributed by atoms with E-state index in [0.29, 0.717) is 34.0 Å². The fourth-order valence-corrected chi connectivity index (χ4v) is 5.29. The van der Waals surface area contributed by atoms with Crippen molar-refractivity contribution in [2.45, 2.75) is 25.6 Å². The van der Waals surface area contributed by atoms with Crippen molar-refractivity contribution in [3.8, 4) is 27.7 Å². The van der Waals surface area contributed by atoms with E-state index < -0.39 is 23.6 Å². The van der Waals surface area contributed by atoms with Gasteiger partial charge in [-0.25, -0.2) is 14.2 Å². The number of nitrogens with one attached hydrogen (secondary N) is 1. The number of aromatic nitrogens is 3. The van der Waals surface area contributed by atoms with Crippen molar-refractivity contribution in [1.29, 1.82) is 0 Å². The monoisotopic (exact) mass is 575 g/mol. The Labute approximate surface area is 227 Å². The van der Waals surface area contributed by atoms with Crippen LogP contribution in [0.3, 0.4) is 0 Å². The van der Waals surface area contributed by atoms with E-state index in [-0.39, 0.29) is 16.7 Å². The molecule has 0 fully saturated rings. The Hall–Kier alpha value is -3.96. The number of aromatic amines is 1. The Kier molecular flexibility index (Phi) is 7.28. The molecular formula is C27H18ClF4N3O3S. The zero-order valence-electron chi connectivity index (χ0n) is 20.1. The van der Waals surface area contributed by atoms with Crippen LogP contribution < -0.4 is 10.5 Å². The van der Waals surface area contributed by atoms with Crippen LogP contribution in [0.2, 0.25) is 5.02 Å². The number of rotatable bonds is 7. The molecule has 0 amide bonds. The minimum atomic E-state index is -4.43. The van der Waals surface area contributed by atoms with Gasteiger partial charge in [0.25, 0.3) is 0 Å². The Balaban J connectivity index is 1.47. The van der Waals surface area contributed by atoms with Crippen molar-refractivity contribution in [2.24, 2.45) is 0 Å². The lowest BCUT2D eigenvalue weighted by Crippen LogP contribution is -2.11. The van der Waals surface area contributed by atoms with Gasteiger partial charge in [-0.2, -0.15) is 13.2 Å².